The van der Waals surface area contributed by atoms with Crippen LogP contribution in [-0.2, 0) is 4.74 Å². The number of amides is 1. The predicted octanol–water partition coefficient (Wildman–Crippen LogP) is 4.69. The molecular formula is C18H15Cl2N3O2S. The van der Waals surface area contributed by atoms with E-state index in [1.807, 2.05) is 12.1 Å². The number of carbonyl (C=O) groups is 1. The van der Waals surface area contributed by atoms with Crippen molar-refractivity contribution in [1.29, 1.82) is 0 Å². The maximum absolute atomic E-state index is 12.5. The van der Waals surface area contributed by atoms with E-state index in [0.29, 0.717) is 20.7 Å². The van der Waals surface area contributed by atoms with Gasteiger partial charge in [0.2, 0.25) is 0 Å². The molecule has 0 atom stereocenters. The van der Waals surface area contributed by atoms with Gasteiger partial charge in [-0.25, -0.2) is 4.98 Å². The van der Waals surface area contributed by atoms with Crippen LogP contribution in [0.1, 0.15) is 10.4 Å². The molecule has 0 bridgehead atoms. The van der Waals surface area contributed by atoms with Crippen molar-refractivity contribution in [2.24, 2.45) is 0 Å². The molecule has 1 aromatic heterocycles. The van der Waals surface area contributed by atoms with Crippen LogP contribution < -0.4 is 10.2 Å². The SMILES string of the molecule is O=C(Nc1nc2ccc(N3CCOCC3)cc2s1)c1cc(Cl)ccc1Cl. The zero-order valence-corrected chi connectivity index (χ0v) is 16.0. The van der Waals surface area contributed by atoms with Crippen molar-refractivity contribution in [3.63, 3.8) is 0 Å². The first kappa shape index (κ1) is 17.5. The van der Waals surface area contributed by atoms with Crippen molar-refractivity contribution in [3.05, 3.63) is 52.0 Å². The molecule has 3 aromatic rings. The third-order valence-corrected chi connectivity index (χ3v) is 5.64. The van der Waals surface area contributed by atoms with Crippen LogP contribution in [0.4, 0.5) is 10.8 Å². The van der Waals surface area contributed by atoms with E-state index in [-0.39, 0.29) is 5.91 Å². The first-order valence-electron chi connectivity index (χ1n) is 8.10. The van der Waals surface area contributed by atoms with Crippen LogP contribution in [-0.4, -0.2) is 37.2 Å². The number of fused-ring (bicyclic) bond motifs is 1. The summed E-state index contributed by atoms with van der Waals surface area (Å²) in [6, 6.07) is 10.9. The number of nitrogens with zero attached hydrogens (tertiary/aromatic N) is 2. The fourth-order valence-electron chi connectivity index (χ4n) is 2.82. The van der Waals surface area contributed by atoms with Crippen LogP contribution in [0.15, 0.2) is 36.4 Å². The highest BCUT2D eigenvalue weighted by Crippen LogP contribution is 2.31. The number of benzene rings is 2. The number of nitrogens with one attached hydrogen (secondary N) is 1. The summed E-state index contributed by atoms with van der Waals surface area (Å²) < 4.78 is 6.41. The summed E-state index contributed by atoms with van der Waals surface area (Å²) in [6.07, 6.45) is 0. The lowest BCUT2D eigenvalue weighted by Crippen LogP contribution is -2.36. The van der Waals surface area contributed by atoms with E-state index in [0.717, 1.165) is 42.2 Å². The summed E-state index contributed by atoms with van der Waals surface area (Å²) >= 11 is 13.5. The average molecular weight is 408 g/mol. The second-order valence-corrected chi connectivity index (χ2v) is 7.72. The van der Waals surface area contributed by atoms with E-state index >= 15 is 0 Å². The summed E-state index contributed by atoms with van der Waals surface area (Å²) in [7, 11) is 0. The van der Waals surface area contributed by atoms with Crippen LogP contribution in [0.2, 0.25) is 10.0 Å². The van der Waals surface area contributed by atoms with Crippen LogP contribution in [0.5, 0.6) is 0 Å². The fraction of sp³-hybridized carbons (Fsp3) is 0.222. The Morgan fingerprint density at radius 3 is 2.77 bits per heavy atom. The molecule has 8 heteroatoms. The molecule has 134 valence electrons. The Morgan fingerprint density at radius 2 is 1.96 bits per heavy atom. The fourth-order valence-corrected chi connectivity index (χ4v) is 4.09. The number of ether oxygens (including phenoxy) is 1. The molecule has 0 saturated carbocycles. The first-order valence-corrected chi connectivity index (χ1v) is 9.67. The van der Waals surface area contributed by atoms with Crippen LogP contribution in [0.3, 0.4) is 0 Å². The lowest BCUT2D eigenvalue weighted by molar-refractivity contribution is 0.102. The van der Waals surface area contributed by atoms with Gasteiger partial charge in [-0.2, -0.15) is 0 Å². The predicted molar refractivity (Wildman–Crippen MR) is 107 cm³/mol. The second kappa shape index (κ2) is 7.40. The number of anilines is 2. The Balaban J connectivity index is 1.57. The Labute approximate surface area is 164 Å². The molecular weight excluding hydrogens is 393 g/mol. The smallest absolute Gasteiger partial charge is 0.259 e. The summed E-state index contributed by atoms with van der Waals surface area (Å²) in [5.41, 5.74) is 2.31. The van der Waals surface area contributed by atoms with Crippen molar-refractivity contribution in [1.82, 2.24) is 4.98 Å². The van der Waals surface area contributed by atoms with Crippen LogP contribution in [0.25, 0.3) is 10.2 Å². The number of hydrogen-bond acceptors (Lipinski definition) is 5. The maximum Gasteiger partial charge on any atom is 0.259 e. The normalized spacial score (nSPS) is 14.6. The molecule has 1 saturated heterocycles. The van der Waals surface area contributed by atoms with Gasteiger partial charge >= 0.3 is 0 Å². The van der Waals surface area contributed by atoms with E-state index in [9.17, 15) is 4.79 Å². The van der Waals surface area contributed by atoms with E-state index in [1.165, 1.54) is 11.3 Å². The number of hydrogen-bond donors (Lipinski definition) is 1. The third kappa shape index (κ3) is 3.64. The zero-order valence-electron chi connectivity index (χ0n) is 13.7. The molecule has 1 amide bonds. The molecule has 0 radical (unpaired) electrons. The van der Waals surface area contributed by atoms with Crippen LogP contribution >= 0.6 is 34.5 Å². The molecule has 0 aliphatic carbocycles. The van der Waals surface area contributed by atoms with Gasteiger partial charge in [-0.15, -0.1) is 0 Å². The molecule has 2 aromatic carbocycles. The quantitative estimate of drug-likeness (QED) is 0.683. The van der Waals surface area contributed by atoms with E-state index in [2.05, 4.69) is 21.3 Å². The highest BCUT2D eigenvalue weighted by molar-refractivity contribution is 7.22. The Bertz CT molecular complexity index is 970. The molecule has 1 fully saturated rings. The van der Waals surface area contributed by atoms with Gasteiger partial charge in [0.1, 0.15) is 0 Å². The van der Waals surface area contributed by atoms with Gasteiger partial charge in [-0.1, -0.05) is 34.5 Å². The minimum Gasteiger partial charge on any atom is -0.378 e. The minimum atomic E-state index is -0.329. The van der Waals surface area contributed by atoms with Gasteiger partial charge in [-0.05, 0) is 36.4 Å². The molecule has 1 N–H and O–H groups in total. The van der Waals surface area contributed by atoms with Crippen molar-refractivity contribution < 1.29 is 9.53 Å². The first-order chi connectivity index (χ1) is 12.6. The second-order valence-electron chi connectivity index (χ2n) is 5.85. The summed E-state index contributed by atoms with van der Waals surface area (Å²) in [6.45, 7) is 3.23. The van der Waals surface area contributed by atoms with Crippen LogP contribution in [0, 0.1) is 0 Å². The van der Waals surface area contributed by atoms with Crippen molar-refractivity contribution in [3.8, 4) is 0 Å². The number of halogens is 2. The third-order valence-electron chi connectivity index (χ3n) is 4.14. The minimum absolute atomic E-state index is 0.326. The lowest BCUT2D eigenvalue weighted by Gasteiger charge is -2.28. The topological polar surface area (TPSA) is 54.5 Å². The van der Waals surface area contributed by atoms with Gasteiger partial charge in [-0.3, -0.25) is 10.1 Å². The van der Waals surface area contributed by atoms with Crippen molar-refractivity contribution >= 4 is 61.5 Å². The largest absolute Gasteiger partial charge is 0.378 e. The number of morpholine rings is 1. The molecule has 5 nitrogen and oxygen atoms in total. The highest BCUT2D eigenvalue weighted by atomic mass is 35.5. The lowest BCUT2D eigenvalue weighted by atomic mass is 10.2. The molecule has 1 aliphatic heterocycles. The summed E-state index contributed by atoms with van der Waals surface area (Å²) in [5.74, 6) is -0.329. The monoisotopic (exact) mass is 407 g/mol. The van der Waals surface area contributed by atoms with Gasteiger partial charge in [0.15, 0.2) is 5.13 Å². The molecule has 2 heterocycles. The zero-order chi connectivity index (χ0) is 18.1. The van der Waals surface area contributed by atoms with Gasteiger partial charge < -0.3 is 9.64 Å². The molecule has 1 aliphatic rings. The number of aromatic nitrogens is 1. The van der Waals surface area contributed by atoms with E-state index in [1.54, 1.807) is 18.2 Å². The number of carbonyl (C=O) groups excluding carboxylic acids is 1. The van der Waals surface area contributed by atoms with Gasteiger partial charge in [0.05, 0.1) is 34.0 Å². The van der Waals surface area contributed by atoms with Gasteiger partial charge in [0.25, 0.3) is 5.91 Å². The molecule has 4 rings (SSSR count). The Kier molecular flexibility index (Phi) is 5.00. The van der Waals surface area contributed by atoms with Crippen molar-refractivity contribution in [2.75, 3.05) is 36.5 Å². The standard InChI is InChI=1S/C18H15Cl2N3O2S/c19-11-1-3-14(20)13(9-11)17(24)22-18-21-15-4-2-12(10-16(15)26-18)23-5-7-25-8-6-23/h1-4,9-10H,5-8H2,(H,21,22,24). The molecule has 0 spiro atoms. The average Bonchev–Trinajstić information content (AvgIpc) is 3.05. The van der Waals surface area contributed by atoms with E-state index in [4.69, 9.17) is 27.9 Å². The molecule has 0 unspecified atom stereocenters. The Morgan fingerprint density at radius 1 is 1.15 bits per heavy atom. The summed E-state index contributed by atoms with van der Waals surface area (Å²) in [4.78, 5) is 19.2. The Hall–Kier alpha value is -1.86. The molecule has 26 heavy (non-hydrogen) atoms. The number of thiazole rings is 1. The van der Waals surface area contributed by atoms with Gasteiger partial charge in [0, 0.05) is 23.8 Å². The maximum atomic E-state index is 12.5. The van der Waals surface area contributed by atoms with E-state index < -0.39 is 0 Å². The summed E-state index contributed by atoms with van der Waals surface area (Å²) in [5, 5.41) is 4.14. The highest BCUT2D eigenvalue weighted by Gasteiger charge is 2.15. The van der Waals surface area contributed by atoms with Crippen molar-refractivity contribution in [2.45, 2.75) is 0 Å². The number of rotatable bonds is 3.